The molecular formula is C6H4O4Se. The van der Waals surface area contributed by atoms with Gasteiger partial charge in [-0.3, -0.25) is 0 Å². The van der Waals surface area contributed by atoms with Gasteiger partial charge < -0.3 is 0 Å². The molecule has 4 nitrogen and oxygen atoms in total. The van der Waals surface area contributed by atoms with Crippen molar-refractivity contribution in [2.75, 3.05) is 0 Å². The van der Waals surface area contributed by atoms with Crippen LogP contribution in [0.5, 0.6) is 0 Å². The second-order valence-corrected chi connectivity index (χ2v) is 3.70. The Kier molecular flexibility index (Phi) is 2.12. The van der Waals surface area contributed by atoms with Crippen LogP contribution in [0.15, 0.2) is 11.0 Å². The molecule has 0 aromatic carbocycles. The Morgan fingerprint density at radius 2 is 1.91 bits per heavy atom. The summed E-state index contributed by atoms with van der Waals surface area (Å²) in [6.07, 6.45) is 0. The summed E-state index contributed by atoms with van der Waals surface area (Å²) in [7, 11) is 0. The first-order chi connectivity index (χ1) is 5.13. The van der Waals surface area contributed by atoms with E-state index in [4.69, 9.17) is 10.2 Å². The van der Waals surface area contributed by atoms with E-state index in [1.165, 1.54) is 6.07 Å². The van der Waals surface area contributed by atoms with Crippen molar-refractivity contribution in [1.29, 1.82) is 0 Å². The fourth-order valence-corrected chi connectivity index (χ4v) is 2.16. The monoisotopic (exact) mass is 220 g/mol. The first-order valence-electron chi connectivity index (χ1n) is 2.67. The molecule has 1 aromatic heterocycles. The Morgan fingerprint density at radius 3 is 2.27 bits per heavy atom. The number of rotatable bonds is 2. The minimum absolute atomic E-state index is 0.0185. The third-order valence-corrected chi connectivity index (χ3v) is 2.98. The Morgan fingerprint density at radius 1 is 1.27 bits per heavy atom. The molecule has 1 heterocycles. The standard InChI is InChI=1S/C6H4O4Se/c7-5(8)3-1-2-11-4(3)6(9)10/h1-2H,(H,7,8)(H,9,10). The van der Waals surface area contributed by atoms with Gasteiger partial charge in [0, 0.05) is 0 Å². The molecule has 58 valence electrons. The average molecular weight is 219 g/mol. The summed E-state index contributed by atoms with van der Waals surface area (Å²) < 4.78 is 0.0185. The quantitative estimate of drug-likeness (QED) is 0.693. The molecule has 2 N–H and O–H groups in total. The molecule has 1 aromatic rings. The van der Waals surface area contributed by atoms with Gasteiger partial charge in [-0.15, -0.1) is 0 Å². The zero-order chi connectivity index (χ0) is 8.43. The maximum atomic E-state index is 10.4. The van der Waals surface area contributed by atoms with Gasteiger partial charge in [-0.25, -0.2) is 0 Å². The molecule has 0 aliphatic rings. The van der Waals surface area contributed by atoms with E-state index in [0.717, 1.165) is 0 Å². The van der Waals surface area contributed by atoms with Crippen LogP contribution in [-0.4, -0.2) is 36.7 Å². The third-order valence-electron chi connectivity index (χ3n) is 1.09. The van der Waals surface area contributed by atoms with Crippen LogP contribution < -0.4 is 0 Å². The van der Waals surface area contributed by atoms with Crippen molar-refractivity contribution >= 4 is 26.4 Å². The predicted octanol–water partition coefficient (Wildman–Crippen LogP) is 0.140. The van der Waals surface area contributed by atoms with Crippen molar-refractivity contribution in [3.8, 4) is 0 Å². The zero-order valence-corrected chi connectivity index (χ0v) is 6.99. The van der Waals surface area contributed by atoms with Gasteiger partial charge in [-0.1, -0.05) is 0 Å². The second-order valence-electron chi connectivity index (χ2n) is 1.77. The van der Waals surface area contributed by atoms with Gasteiger partial charge in [0.2, 0.25) is 0 Å². The summed E-state index contributed by atoms with van der Waals surface area (Å²) in [5.74, 6) is -2.30. The minimum atomic E-state index is -1.17. The van der Waals surface area contributed by atoms with Crippen LogP contribution in [0.4, 0.5) is 0 Å². The molecule has 0 saturated carbocycles. The average Bonchev–Trinajstić information content (AvgIpc) is 2.32. The predicted molar refractivity (Wildman–Crippen MR) is 37.3 cm³/mol. The zero-order valence-electron chi connectivity index (χ0n) is 5.27. The molecule has 1 rings (SSSR count). The van der Waals surface area contributed by atoms with Crippen molar-refractivity contribution in [2.24, 2.45) is 0 Å². The van der Waals surface area contributed by atoms with Gasteiger partial charge in [-0.2, -0.15) is 0 Å². The normalized spacial score (nSPS) is 9.45. The van der Waals surface area contributed by atoms with E-state index >= 15 is 0 Å². The van der Waals surface area contributed by atoms with Crippen molar-refractivity contribution in [3.05, 3.63) is 21.0 Å². The van der Waals surface area contributed by atoms with Gasteiger partial charge in [-0.05, 0) is 0 Å². The summed E-state index contributed by atoms with van der Waals surface area (Å²) in [4.78, 5) is 22.3. The molecule has 0 unspecified atom stereocenters. The van der Waals surface area contributed by atoms with Crippen molar-refractivity contribution in [1.82, 2.24) is 0 Å². The molecule has 0 fully saturated rings. The number of hydrogen-bond donors (Lipinski definition) is 2. The van der Waals surface area contributed by atoms with Crippen LogP contribution in [-0.2, 0) is 0 Å². The molecule has 5 heteroatoms. The topological polar surface area (TPSA) is 74.6 Å². The van der Waals surface area contributed by atoms with Crippen LogP contribution in [0.25, 0.3) is 0 Å². The fraction of sp³-hybridized carbons (Fsp3) is 0. The Balaban J connectivity index is 3.16. The van der Waals surface area contributed by atoms with Gasteiger partial charge in [0.05, 0.1) is 0 Å². The van der Waals surface area contributed by atoms with E-state index in [2.05, 4.69) is 0 Å². The SMILES string of the molecule is O=C(O)c1cc[se]c1C(=O)O. The molecule has 11 heavy (non-hydrogen) atoms. The molecule has 0 spiro atoms. The summed E-state index contributed by atoms with van der Waals surface area (Å²) in [6.45, 7) is 0. The second kappa shape index (κ2) is 2.90. The molecule has 0 saturated heterocycles. The van der Waals surface area contributed by atoms with Gasteiger partial charge in [0.25, 0.3) is 0 Å². The number of carboxylic acid groups (broad SMARTS) is 2. The number of carbonyl (C=O) groups is 2. The molecule has 0 radical (unpaired) electrons. The third kappa shape index (κ3) is 1.50. The summed E-state index contributed by atoms with van der Waals surface area (Å²) in [5.41, 5.74) is -0.0856. The Labute approximate surface area is 67.8 Å². The fourth-order valence-electron chi connectivity index (χ4n) is 0.643. The van der Waals surface area contributed by atoms with Gasteiger partial charge in [0.1, 0.15) is 0 Å². The van der Waals surface area contributed by atoms with Gasteiger partial charge in [0.15, 0.2) is 0 Å². The first-order valence-corrected chi connectivity index (χ1v) is 4.51. The molecule has 0 bridgehead atoms. The Bertz CT molecular complexity index is 273. The van der Waals surface area contributed by atoms with Gasteiger partial charge >= 0.3 is 67.3 Å². The number of carboxylic acids is 2. The summed E-state index contributed by atoms with van der Waals surface area (Å²) in [5, 5.41) is 17.0. The molecule has 0 aliphatic heterocycles. The van der Waals surface area contributed by atoms with Crippen LogP contribution in [0, 0.1) is 0 Å². The summed E-state index contributed by atoms with van der Waals surface area (Å²) >= 11 is -0.320. The van der Waals surface area contributed by atoms with E-state index in [9.17, 15) is 9.59 Å². The number of hydrogen-bond acceptors (Lipinski definition) is 2. The molecular weight excluding hydrogens is 215 g/mol. The summed E-state index contributed by atoms with van der Waals surface area (Å²) in [6, 6.07) is 1.34. The maximum absolute atomic E-state index is 10.4. The number of aromatic carboxylic acids is 2. The van der Waals surface area contributed by atoms with Crippen LogP contribution in [0.2, 0.25) is 0 Å². The van der Waals surface area contributed by atoms with E-state index in [1.54, 1.807) is 4.94 Å². The van der Waals surface area contributed by atoms with E-state index < -0.39 is 11.9 Å². The first kappa shape index (κ1) is 8.04. The van der Waals surface area contributed by atoms with E-state index in [-0.39, 0.29) is 24.5 Å². The van der Waals surface area contributed by atoms with Crippen molar-refractivity contribution in [2.45, 2.75) is 0 Å². The molecule has 0 aliphatic carbocycles. The van der Waals surface area contributed by atoms with Crippen LogP contribution in [0.1, 0.15) is 19.6 Å². The van der Waals surface area contributed by atoms with Crippen molar-refractivity contribution < 1.29 is 19.8 Å². The van der Waals surface area contributed by atoms with E-state index in [0.29, 0.717) is 0 Å². The Hall–Kier alpha value is -1.06. The van der Waals surface area contributed by atoms with E-state index in [1.807, 2.05) is 0 Å². The van der Waals surface area contributed by atoms with Crippen LogP contribution in [0.3, 0.4) is 0 Å². The molecule has 0 amide bonds. The van der Waals surface area contributed by atoms with Crippen LogP contribution >= 0.6 is 0 Å². The van der Waals surface area contributed by atoms with Crippen molar-refractivity contribution in [3.63, 3.8) is 0 Å². The molecule has 0 atom stereocenters.